The third kappa shape index (κ3) is 8.23. The molecule has 2 aromatic rings. The number of phenolic OH excluding ortho intramolecular Hbond substituents is 1. The molecular weight excluding hydrogens is 476 g/mol. The number of nitrogens with two attached hydrogens (primary N) is 1. The first kappa shape index (κ1) is 29.2. The van der Waals surface area contributed by atoms with E-state index in [9.17, 15) is 24.3 Å². The smallest absolute Gasteiger partial charge is 0.408 e. The number of nitrogens with one attached hydrogen (secondary N) is 2. The Kier molecular flexibility index (Phi) is 9.65. The number of aryl methyl sites for hydroxylation is 2. The maximum atomic E-state index is 13.7. The van der Waals surface area contributed by atoms with Crippen LogP contribution in [0.2, 0.25) is 0 Å². The number of hydrogen-bond donors (Lipinski definition) is 4. The number of likely N-dealkylation sites (N-methyl/N-ethyl adjacent to an activating group) is 1. The minimum absolute atomic E-state index is 0.0365. The highest BCUT2D eigenvalue weighted by molar-refractivity contribution is 6.00. The number of anilines is 1. The number of nitrogens with zero attached hydrogens (tertiary/aromatic N) is 1. The van der Waals surface area contributed by atoms with Gasteiger partial charge in [-0.1, -0.05) is 24.3 Å². The number of rotatable bonds is 9. The summed E-state index contributed by atoms with van der Waals surface area (Å²) in [6.07, 6.45) is -1.39. The quantitative estimate of drug-likeness (QED) is 0.405. The highest BCUT2D eigenvalue weighted by Gasteiger charge is 2.36. The first-order valence-electron chi connectivity index (χ1n) is 12.0. The lowest BCUT2D eigenvalue weighted by molar-refractivity contribution is -0.141. The first-order valence-corrected chi connectivity index (χ1v) is 12.0. The van der Waals surface area contributed by atoms with Crippen molar-refractivity contribution in [3.8, 4) is 5.75 Å². The van der Waals surface area contributed by atoms with Gasteiger partial charge in [0.05, 0.1) is 6.42 Å². The summed E-state index contributed by atoms with van der Waals surface area (Å²) in [6.45, 7) is 10.2. The van der Waals surface area contributed by atoms with Crippen molar-refractivity contribution in [3.63, 3.8) is 0 Å². The Bertz CT molecular complexity index is 1160. The van der Waals surface area contributed by atoms with Crippen LogP contribution in [-0.4, -0.2) is 52.0 Å². The van der Waals surface area contributed by atoms with E-state index < -0.39 is 47.9 Å². The van der Waals surface area contributed by atoms with Gasteiger partial charge in [-0.05, 0) is 76.4 Å². The number of benzene rings is 2. The molecule has 0 aromatic heterocycles. The highest BCUT2D eigenvalue weighted by Crippen LogP contribution is 2.28. The minimum Gasteiger partial charge on any atom is -0.508 e. The Morgan fingerprint density at radius 3 is 2.24 bits per heavy atom. The molecule has 0 aliphatic carbocycles. The van der Waals surface area contributed by atoms with Gasteiger partial charge >= 0.3 is 6.09 Å². The molecule has 0 spiro atoms. The lowest BCUT2D eigenvalue weighted by atomic mass is 9.99. The van der Waals surface area contributed by atoms with Crippen molar-refractivity contribution in [2.45, 2.75) is 65.6 Å². The molecule has 0 aliphatic rings. The van der Waals surface area contributed by atoms with Crippen molar-refractivity contribution in [2.24, 2.45) is 5.73 Å². The van der Waals surface area contributed by atoms with E-state index in [1.54, 1.807) is 58.9 Å². The van der Waals surface area contributed by atoms with E-state index >= 15 is 0 Å². The molecule has 0 saturated heterocycles. The topological polar surface area (TPSA) is 151 Å². The van der Waals surface area contributed by atoms with Gasteiger partial charge in [-0.2, -0.15) is 0 Å². The van der Waals surface area contributed by atoms with Crippen molar-refractivity contribution in [3.05, 3.63) is 59.2 Å². The third-order valence-electron chi connectivity index (χ3n) is 5.52. The predicted molar refractivity (Wildman–Crippen MR) is 140 cm³/mol. The second-order valence-electron chi connectivity index (χ2n) is 9.75. The number of alkyl carbamates (subject to hydrolysis) is 1. The molecule has 10 nitrogen and oxygen atoms in total. The molecular formula is C27H36N4O6. The summed E-state index contributed by atoms with van der Waals surface area (Å²) in [5.74, 6) is -1.98. The van der Waals surface area contributed by atoms with Crippen LogP contribution in [0, 0.1) is 13.8 Å². The molecule has 37 heavy (non-hydrogen) atoms. The highest BCUT2D eigenvalue weighted by atomic mass is 16.6. The fourth-order valence-corrected chi connectivity index (χ4v) is 3.75. The second kappa shape index (κ2) is 12.2. The van der Waals surface area contributed by atoms with E-state index in [1.807, 2.05) is 19.1 Å². The molecule has 200 valence electrons. The van der Waals surface area contributed by atoms with Crippen LogP contribution in [0.15, 0.2) is 42.5 Å². The summed E-state index contributed by atoms with van der Waals surface area (Å²) >= 11 is 0. The maximum absolute atomic E-state index is 13.7. The van der Waals surface area contributed by atoms with E-state index in [-0.39, 0.29) is 12.3 Å². The fraction of sp³-hybridized carbons (Fsp3) is 0.407. The van der Waals surface area contributed by atoms with Gasteiger partial charge < -0.3 is 31.1 Å². The van der Waals surface area contributed by atoms with Crippen molar-refractivity contribution >= 4 is 29.5 Å². The summed E-state index contributed by atoms with van der Waals surface area (Å²) in [5, 5.41) is 15.3. The van der Waals surface area contributed by atoms with Gasteiger partial charge in [0.15, 0.2) is 0 Å². The molecule has 2 aromatic carbocycles. The number of amides is 4. The molecule has 2 rings (SSSR count). The fourth-order valence-electron chi connectivity index (χ4n) is 3.75. The van der Waals surface area contributed by atoms with E-state index in [0.717, 1.165) is 5.56 Å². The zero-order valence-electron chi connectivity index (χ0n) is 22.1. The summed E-state index contributed by atoms with van der Waals surface area (Å²) in [7, 11) is 0. The van der Waals surface area contributed by atoms with E-state index in [2.05, 4.69) is 10.6 Å². The standard InChI is InChI=1S/C27H36N4O6/c1-7-31(25(35)20(15-22(28)33)30-26(36)37-27(4,5)6)23(18-12-13-21(32)17(3)14-18)24(34)29-19-11-9-8-10-16(19)2/h8-14,20,23,32H,7,15H2,1-6H3,(H2,28,33)(H,29,34)(H,30,36). The number of primary amides is 1. The number of carbonyl (C=O) groups excluding carboxylic acids is 4. The van der Waals surface area contributed by atoms with Crippen LogP contribution in [0.5, 0.6) is 5.75 Å². The molecule has 2 unspecified atom stereocenters. The molecule has 0 heterocycles. The lowest BCUT2D eigenvalue weighted by Gasteiger charge is -2.33. The molecule has 4 amide bonds. The van der Waals surface area contributed by atoms with Crippen LogP contribution >= 0.6 is 0 Å². The zero-order chi connectivity index (χ0) is 27.9. The Labute approximate surface area is 217 Å². The van der Waals surface area contributed by atoms with Crippen LogP contribution < -0.4 is 16.4 Å². The van der Waals surface area contributed by atoms with E-state index in [1.165, 1.54) is 11.0 Å². The Balaban J connectivity index is 2.50. The second-order valence-corrected chi connectivity index (χ2v) is 9.75. The lowest BCUT2D eigenvalue weighted by Crippen LogP contribution is -2.53. The summed E-state index contributed by atoms with van der Waals surface area (Å²) in [5.41, 5.74) is 6.87. The number of hydrogen-bond acceptors (Lipinski definition) is 6. The molecule has 0 radical (unpaired) electrons. The van der Waals surface area contributed by atoms with Crippen LogP contribution in [0.1, 0.15) is 56.8 Å². The van der Waals surface area contributed by atoms with E-state index in [0.29, 0.717) is 16.8 Å². The van der Waals surface area contributed by atoms with Crippen molar-refractivity contribution in [1.82, 2.24) is 10.2 Å². The molecule has 5 N–H and O–H groups in total. The normalized spacial score (nSPS) is 12.7. The van der Waals surface area contributed by atoms with Gasteiger partial charge in [0.25, 0.3) is 5.91 Å². The average molecular weight is 513 g/mol. The number of ether oxygens (including phenoxy) is 1. The van der Waals surface area contributed by atoms with Crippen molar-refractivity contribution < 1.29 is 29.0 Å². The summed E-state index contributed by atoms with van der Waals surface area (Å²) in [4.78, 5) is 52.8. The molecule has 2 atom stereocenters. The Hall–Kier alpha value is -4.08. The monoisotopic (exact) mass is 512 g/mol. The SMILES string of the molecule is CCN(C(=O)C(CC(N)=O)NC(=O)OC(C)(C)C)C(C(=O)Nc1ccccc1C)c1ccc(O)c(C)c1. The molecule has 0 saturated carbocycles. The van der Waals surface area contributed by atoms with Crippen molar-refractivity contribution in [1.29, 1.82) is 0 Å². The van der Waals surface area contributed by atoms with Gasteiger partial charge in [-0.15, -0.1) is 0 Å². The van der Waals surface area contributed by atoms with E-state index in [4.69, 9.17) is 10.5 Å². The first-order chi connectivity index (χ1) is 17.2. The van der Waals surface area contributed by atoms with Gasteiger partial charge in [-0.3, -0.25) is 14.4 Å². The van der Waals surface area contributed by atoms with Crippen LogP contribution in [0.4, 0.5) is 10.5 Å². The number of aromatic hydroxyl groups is 1. The minimum atomic E-state index is -1.36. The Morgan fingerprint density at radius 1 is 1.05 bits per heavy atom. The molecule has 10 heteroatoms. The van der Waals surface area contributed by atoms with Crippen LogP contribution in [0.25, 0.3) is 0 Å². The number of phenols is 1. The Morgan fingerprint density at radius 2 is 1.70 bits per heavy atom. The zero-order valence-corrected chi connectivity index (χ0v) is 22.1. The number of para-hydroxylation sites is 1. The van der Waals surface area contributed by atoms with Gasteiger partial charge in [0.1, 0.15) is 23.4 Å². The molecule has 0 bridgehead atoms. The van der Waals surface area contributed by atoms with Crippen molar-refractivity contribution in [2.75, 3.05) is 11.9 Å². The van der Waals surface area contributed by atoms with Crippen LogP contribution in [0.3, 0.4) is 0 Å². The predicted octanol–water partition coefficient (Wildman–Crippen LogP) is 3.31. The average Bonchev–Trinajstić information content (AvgIpc) is 2.78. The number of carbonyl (C=O) groups is 4. The maximum Gasteiger partial charge on any atom is 0.408 e. The van der Waals surface area contributed by atoms with Gasteiger partial charge in [0.2, 0.25) is 11.8 Å². The van der Waals surface area contributed by atoms with Crippen LogP contribution in [-0.2, 0) is 19.1 Å². The molecule has 0 aliphatic heterocycles. The third-order valence-corrected chi connectivity index (χ3v) is 5.52. The van der Waals surface area contributed by atoms with Gasteiger partial charge in [0, 0.05) is 12.2 Å². The summed E-state index contributed by atoms with van der Waals surface area (Å²) < 4.78 is 5.25. The summed E-state index contributed by atoms with van der Waals surface area (Å²) in [6, 6.07) is 9.28. The largest absolute Gasteiger partial charge is 0.508 e. The van der Waals surface area contributed by atoms with Gasteiger partial charge in [-0.25, -0.2) is 4.79 Å². The molecule has 0 fully saturated rings.